The number of benzene rings is 1. The largest absolute Gasteiger partial charge is 0.466 e. The zero-order chi connectivity index (χ0) is 18.8. The van der Waals surface area contributed by atoms with Gasteiger partial charge in [-0.15, -0.1) is 0 Å². The van der Waals surface area contributed by atoms with Crippen LogP contribution in [0.25, 0.3) is 22.6 Å². The summed E-state index contributed by atoms with van der Waals surface area (Å²) in [5, 5.41) is 0. The Balaban J connectivity index is 1.66. The fraction of sp³-hybridized carbons (Fsp3) is 0.333. The van der Waals surface area contributed by atoms with Crippen LogP contribution < -0.4 is 5.56 Å². The zero-order valence-corrected chi connectivity index (χ0v) is 16.4. The molecule has 1 aromatic carbocycles. The minimum Gasteiger partial charge on any atom is -0.466 e. The van der Waals surface area contributed by atoms with Crippen LogP contribution in [0.3, 0.4) is 0 Å². The molecular weight excluding hydrogens is 358 g/mol. The zero-order valence-electron chi connectivity index (χ0n) is 15.6. The quantitative estimate of drug-likeness (QED) is 0.743. The Labute approximate surface area is 162 Å². The highest BCUT2D eigenvalue weighted by Gasteiger charge is 2.14. The Hall–Kier alpha value is -2.31. The predicted molar refractivity (Wildman–Crippen MR) is 110 cm³/mol. The van der Waals surface area contributed by atoms with Crippen LogP contribution in [-0.4, -0.2) is 39.5 Å². The molecule has 0 spiro atoms. The highest BCUT2D eigenvalue weighted by atomic mass is 32.2. The second kappa shape index (κ2) is 7.74. The fourth-order valence-electron chi connectivity index (χ4n) is 3.45. The molecule has 0 atom stereocenters. The van der Waals surface area contributed by atoms with Crippen molar-refractivity contribution in [1.82, 2.24) is 14.9 Å². The molecule has 1 aliphatic heterocycles. The van der Waals surface area contributed by atoms with Gasteiger partial charge in [0.05, 0.1) is 5.69 Å². The maximum Gasteiger partial charge on any atom is 0.251 e. The summed E-state index contributed by atoms with van der Waals surface area (Å²) in [4.78, 5) is 22.3. The Kier molecular flexibility index (Phi) is 5.18. The number of nitrogens with zero attached hydrogens (tertiary/aromatic N) is 2. The third-order valence-electron chi connectivity index (χ3n) is 4.77. The van der Waals surface area contributed by atoms with Crippen molar-refractivity contribution in [2.75, 3.05) is 24.6 Å². The van der Waals surface area contributed by atoms with Gasteiger partial charge < -0.3 is 9.40 Å². The highest BCUT2D eigenvalue weighted by Crippen LogP contribution is 2.26. The molecule has 0 saturated carbocycles. The first-order chi connectivity index (χ1) is 13.1. The van der Waals surface area contributed by atoms with E-state index in [-0.39, 0.29) is 5.56 Å². The van der Waals surface area contributed by atoms with Crippen molar-refractivity contribution in [1.29, 1.82) is 0 Å². The van der Waals surface area contributed by atoms with Gasteiger partial charge in [0.1, 0.15) is 17.3 Å². The lowest BCUT2D eigenvalue weighted by Crippen LogP contribution is -2.31. The SMILES string of the molecule is Cc1cc(-c2cc(=O)[nH]c(-c3cccc(CN4CCSCC4)c3)n2)c(C)o1. The van der Waals surface area contributed by atoms with E-state index in [1.54, 1.807) is 0 Å². The van der Waals surface area contributed by atoms with Gasteiger partial charge in [-0.25, -0.2) is 4.98 Å². The van der Waals surface area contributed by atoms with Crippen molar-refractivity contribution in [2.45, 2.75) is 20.4 Å². The highest BCUT2D eigenvalue weighted by molar-refractivity contribution is 7.99. The number of furan rings is 1. The summed E-state index contributed by atoms with van der Waals surface area (Å²) in [7, 11) is 0. The minimum atomic E-state index is -0.160. The van der Waals surface area contributed by atoms with E-state index >= 15 is 0 Å². The third-order valence-corrected chi connectivity index (χ3v) is 5.71. The standard InChI is InChI=1S/C21H23N3O2S/c1-14-10-18(15(2)26-14)19-12-20(25)23-21(22-19)17-5-3-4-16(11-17)13-24-6-8-27-9-7-24/h3-5,10-12H,6-9,13H2,1-2H3,(H,22,23,25). The number of rotatable bonds is 4. The Bertz CT molecular complexity index is 1000. The molecule has 0 aliphatic carbocycles. The molecule has 1 N–H and O–H groups in total. The Morgan fingerprint density at radius 1 is 1.19 bits per heavy atom. The van der Waals surface area contributed by atoms with Crippen LogP contribution in [0, 0.1) is 13.8 Å². The molecule has 1 aliphatic rings. The van der Waals surface area contributed by atoms with Crippen molar-refractivity contribution >= 4 is 11.8 Å². The van der Waals surface area contributed by atoms with E-state index in [0.717, 1.165) is 42.3 Å². The molecule has 3 aromatic rings. The van der Waals surface area contributed by atoms with Crippen LogP contribution >= 0.6 is 11.8 Å². The van der Waals surface area contributed by atoms with Crippen LogP contribution in [0.4, 0.5) is 0 Å². The van der Waals surface area contributed by atoms with Crippen LogP contribution in [0.1, 0.15) is 17.1 Å². The van der Waals surface area contributed by atoms with Crippen LogP contribution in [0.15, 0.2) is 45.6 Å². The summed E-state index contributed by atoms with van der Waals surface area (Å²) in [6.45, 7) is 6.96. The summed E-state index contributed by atoms with van der Waals surface area (Å²) in [6, 6.07) is 11.7. The van der Waals surface area contributed by atoms with Crippen molar-refractivity contribution < 1.29 is 4.42 Å². The number of aromatic amines is 1. The number of aromatic nitrogens is 2. The van der Waals surface area contributed by atoms with E-state index in [2.05, 4.69) is 22.0 Å². The molecule has 0 radical (unpaired) electrons. The monoisotopic (exact) mass is 381 g/mol. The number of aryl methyl sites for hydroxylation is 2. The maximum atomic E-state index is 12.2. The number of thioether (sulfide) groups is 1. The third kappa shape index (κ3) is 4.17. The van der Waals surface area contributed by atoms with Crippen molar-refractivity contribution in [2.24, 2.45) is 0 Å². The molecule has 5 nitrogen and oxygen atoms in total. The van der Waals surface area contributed by atoms with Crippen LogP contribution in [0.2, 0.25) is 0 Å². The smallest absolute Gasteiger partial charge is 0.251 e. The lowest BCUT2D eigenvalue weighted by Gasteiger charge is -2.26. The molecule has 3 heterocycles. The molecule has 0 bridgehead atoms. The second-order valence-corrected chi connectivity index (χ2v) is 8.12. The molecule has 0 unspecified atom stereocenters. The van der Waals surface area contributed by atoms with Gasteiger partial charge in [0.2, 0.25) is 0 Å². The van der Waals surface area contributed by atoms with Crippen molar-refractivity contribution in [3.63, 3.8) is 0 Å². The molecule has 1 saturated heterocycles. The molecule has 0 amide bonds. The van der Waals surface area contributed by atoms with E-state index in [0.29, 0.717) is 11.5 Å². The molecule has 1 fully saturated rings. The van der Waals surface area contributed by atoms with Gasteiger partial charge in [-0.05, 0) is 31.5 Å². The van der Waals surface area contributed by atoms with Gasteiger partial charge >= 0.3 is 0 Å². The van der Waals surface area contributed by atoms with E-state index in [1.807, 2.05) is 43.8 Å². The van der Waals surface area contributed by atoms with Gasteiger partial charge in [0.15, 0.2) is 0 Å². The van der Waals surface area contributed by atoms with Gasteiger partial charge in [-0.1, -0.05) is 18.2 Å². The molecule has 2 aromatic heterocycles. The summed E-state index contributed by atoms with van der Waals surface area (Å²) < 4.78 is 5.60. The average molecular weight is 382 g/mol. The minimum absolute atomic E-state index is 0.160. The van der Waals surface area contributed by atoms with Crippen LogP contribution in [0.5, 0.6) is 0 Å². The first-order valence-electron chi connectivity index (χ1n) is 9.17. The first kappa shape index (κ1) is 18.1. The molecule has 6 heteroatoms. The Morgan fingerprint density at radius 3 is 2.74 bits per heavy atom. The fourth-order valence-corrected chi connectivity index (χ4v) is 4.43. The molecule has 27 heavy (non-hydrogen) atoms. The second-order valence-electron chi connectivity index (χ2n) is 6.90. The number of H-pyrrole nitrogens is 1. The number of hydrogen-bond acceptors (Lipinski definition) is 5. The van der Waals surface area contributed by atoms with Gasteiger partial charge in [0.25, 0.3) is 5.56 Å². The first-order valence-corrected chi connectivity index (χ1v) is 10.3. The van der Waals surface area contributed by atoms with E-state index < -0.39 is 0 Å². The number of hydrogen-bond donors (Lipinski definition) is 1. The van der Waals surface area contributed by atoms with Crippen LogP contribution in [-0.2, 0) is 6.54 Å². The number of nitrogens with one attached hydrogen (secondary N) is 1. The lowest BCUT2D eigenvalue weighted by molar-refractivity contribution is 0.294. The predicted octanol–water partition coefficient (Wildman–Crippen LogP) is 3.86. The summed E-state index contributed by atoms with van der Waals surface area (Å²) >= 11 is 2.01. The van der Waals surface area contributed by atoms with Crippen molar-refractivity contribution in [3.8, 4) is 22.6 Å². The summed E-state index contributed by atoms with van der Waals surface area (Å²) in [5.41, 5.74) is 3.51. The topological polar surface area (TPSA) is 62.1 Å². The van der Waals surface area contributed by atoms with Gasteiger partial charge in [-0.3, -0.25) is 9.69 Å². The molecular formula is C21H23N3O2S. The van der Waals surface area contributed by atoms with Crippen molar-refractivity contribution in [3.05, 3.63) is 63.8 Å². The lowest BCUT2D eigenvalue weighted by atomic mass is 10.1. The molecule has 140 valence electrons. The normalized spacial score (nSPS) is 15.2. The van der Waals surface area contributed by atoms with E-state index in [4.69, 9.17) is 9.40 Å². The van der Waals surface area contributed by atoms with Gasteiger partial charge in [-0.2, -0.15) is 11.8 Å². The maximum absolute atomic E-state index is 12.2. The Morgan fingerprint density at radius 2 is 2.00 bits per heavy atom. The van der Waals surface area contributed by atoms with Gasteiger partial charge in [0, 0.05) is 48.3 Å². The van der Waals surface area contributed by atoms with E-state index in [9.17, 15) is 4.79 Å². The average Bonchev–Trinajstić information content (AvgIpc) is 3.00. The van der Waals surface area contributed by atoms with E-state index in [1.165, 1.54) is 23.1 Å². The summed E-state index contributed by atoms with van der Waals surface area (Å²) in [6.07, 6.45) is 0. The summed E-state index contributed by atoms with van der Waals surface area (Å²) in [5.74, 6) is 4.56. The molecule has 4 rings (SSSR count).